The fourth-order valence-electron chi connectivity index (χ4n) is 3.15. The van der Waals surface area contributed by atoms with E-state index in [2.05, 4.69) is 10.2 Å². The van der Waals surface area contributed by atoms with Crippen molar-refractivity contribution in [3.8, 4) is 11.5 Å². The van der Waals surface area contributed by atoms with Gasteiger partial charge in [-0.1, -0.05) is 29.8 Å². The van der Waals surface area contributed by atoms with Gasteiger partial charge in [-0.2, -0.15) is 0 Å². The van der Waals surface area contributed by atoms with Gasteiger partial charge in [0.15, 0.2) is 5.76 Å². The Labute approximate surface area is 165 Å². The van der Waals surface area contributed by atoms with Gasteiger partial charge < -0.3 is 13.7 Å². The lowest BCUT2D eigenvalue weighted by molar-refractivity contribution is 0.0684. The van der Waals surface area contributed by atoms with E-state index in [4.69, 9.17) is 20.4 Å². The second-order valence-corrected chi connectivity index (χ2v) is 7.26. The Morgan fingerprint density at radius 3 is 2.61 bits per heavy atom. The molecule has 2 aromatic heterocycles. The molecule has 0 N–H and O–H groups in total. The highest BCUT2D eigenvalue weighted by Crippen LogP contribution is 2.31. The minimum Gasteiger partial charge on any atom is -0.451 e. The zero-order valence-electron chi connectivity index (χ0n) is 14.8. The van der Waals surface area contributed by atoms with Gasteiger partial charge in [0.2, 0.25) is 11.8 Å². The first-order valence-electron chi connectivity index (χ1n) is 9.05. The highest BCUT2D eigenvalue weighted by molar-refractivity contribution is 6.30. The van der Waals surface area contributed by atoms with Gasteiger partial charge in [0.25, 0.3) is 5.91 Å². The highest BCUT2D eigenvalue weighted by atomic mass is 35.5. The number of rotatable bonds is 5. The van der Waals surface area contributed by atoms with E-state index < -0.39 is 0 Å². The quantitative estimate of drug-likeness (QED) is 0.480. The number of nitrogens with zero attached hydrogens (tertiary/aromatic N) is 3. The summed E-state index contributed by atoms with van der Waals surface area (Å²) in [6.07, 6.45) is 1.92. The molecule has 5 rings (SSSR count). The average Bonchev–Trinajstić information content (AvgIpc) is 3.28. The average molecular weight is 394 g/mol. The number of hydrogen-bond donors (Lipinski definition) is 0. The second-order valence-electron chi connectivity index (χ2n) is 6.82. The molecule has 1 fully saturated rings. The van der Waals surface area contributed by atoms with E-state index >= 15 is 0 Å². The molecule has 0 radical (unpaired) electrons. The Hall–Kier alpha value is -3.12. The maximum Gasteiger partial charge on any atom is 0.290 e. The SMILES string of the molecule is O=C(c1cc2ccccc2o1)N(Cc1nnc(-c2ccc(Cl)cc2)o1)C1CC1. The predicted octanol–water partition coefficient (Wildman–Crippen LogP) is 4.94. The van der Waals surface area contributed by atoms with Crippen LogP contribution in [0.4, 0.5) is 0 Å². The van der Waals surface area contributed by atoms with Crippen LogP contribution in [0.3, 0.4) is 0 Å². The van der Waals surface area contributed by atoms with Crippen LogP contribution < -0.4 is 0 Å². The summed E-state index contributed by atoms with van der Waals surface area (Å²) in [5.74, 6) is 0.954. The molecule has 2 heterocycles. The number of carbonyl (C=O) groups excluding carboxylic acids is 1. The lowest BCUT2D eigenvalue weighted by Gasteiger charge is -2.18. The molecule has 0 unspecified atom stereocenters. The zero-order chi connectivity index (χ0) is 19.1. The number of amides is 1. The van der Waals surface area contributed by atoms with E-state index in [0.717, 1.165) is 23.8 Å². The van der Waals surface area contributed by atoms with Crippen molar-refractivity contribution >= 4 is 28.5 Å². The highest BCUT2D eigenvalue weighted by Gasteiger charge is 2.35. The summed E-state index contributed by atoms with van der Waals surface area (Å²) >= 11 is 5.92. The number of furan rings is 1. The number of para-hydroxylation sites is 1. The third-order valence-corrected chi connectivity index (χ3v) is 5.00. The van der Waals surface area contributed by atoms with Gasteiger partial charge in [0, 0.05) is 22.0 Å². The summed E-state index contributed by atoms with van der Waals surface area (Å²) in [5.41, 5.74) is 1.48. The summed E-state index contributed by atoms with van der Waals surface area (Å²) in [7, 11) is 0. The minimum atomic E-state index is -0.162. The normalized spacial score (nSPS) is 13.8. The van der Waals surface area contributed by atoms with Crippen molar-refractivity contribution in [2.45, 2.75) is 25.4 Å². The Kier molecular flexibility index (Phi) is 4.13. The summed E-state index contributed by atoms with van der Waals surface area (Å²) < 4.78 is 11.5. The Bertz CT molecular complexity index is 1110. The molecule has 0 saturated heterocycles. The standard InChI is InChI=1S/C21H16ClN3O3/c22-15-7-5-13(6-8-15)20-24-23-19(28-20)12-25(16-9-10-16)21(26)18-11-14-3-1-2-4-17(14)27-18/h1-8,11,16H,9-10,12H2. The van der Waals surface area contributed by atoms with Crippen molar-refractivity contribution in [2.24, 2.45) is 0 Å². The summed E-state index contributed by atoms with van der Waals surface area (Å²) in [6, 6.07) is 16.7. The molecule has 6 nitrogen and oxygen atoms in total. The van der Waals surface area contributed by atoms with E-state index in [-0.39, 0.29) is 18.5 Å². The molecule has 1 aliphatic rings. The van der Waals surface area contributed by atoms with Crippen LogP contribution in [-0.4, -0.2) is 27.0 Å². The molecule has 4 aromatic rings. The Morgan fingerprint density at radius 1 is 1.07 bits per heavy atom. The van der Waals surface area contributed by atoms with Crippen molar-refractivity contribution in [3.63, 3.8) is 0 Å². The van der Waals surface area contributed by atoms with Crippen LogP contribution in [0.2, 0.25) is 5.02 Å². The largest absolute Gasteiger partial charge is 0.451 e. The number of fused-ring (bicyclic) bond motifs is 1. The maximum atomic E-state index is 13.0. The number of halogens is 1. The van der Waals surface area contributed by atoms with Crippen LogP contribution >= 0.6 is 11.6 Å². The molecule has 140 valence electrons. The molecule has 1 amide bonds. The van der Waals surface area contributed by atoms with E-state index in [1.165, 1.54) is 0 Å². The minimum absolute atomic E-state index is 0.162. The molecular weight excluding hydrogens is 378 g/mol. The monoisotopic (exact) mass is 393 g/mol. The first-order valence-corrected chi connectivity index (χ1v) is 9.43. The Morgan fingerprint density at radius 2 is 1.86 bits per heavy atom. The maximum absolute atomic E-state index is 13.0. The van der Waals surface area contributed by atoms with Crippen LogP contribution in [-0.2, 0) is 6.54 Å². The molecule has 28 heavy (non-hydrogen) atoms. The van der Waals surface area contributed by atoms with E-state index in [1.54, 1.807) is 23.1 Å². The van der Waals surface area contributed by atoms with Gasteiger partial charge in [-0.3, -0.25) is 4.79 Å². The van der Waals surface area contributed by atoms with Crippen LogP contribution in [0.5, 0.6) is 0 Å². The summed E-state index contributed by atoms with van der Waals surface area (Å²) in [6.45, 7) is 0.251. The molecule has 0 aliphatic heterocycles. The Balaban J connectivity index is 1.39. The van der Waals surface area contributed by atoms with Crippen molar-refractivity contribution in [1.82, 2.24) is 15.1 Å². The topological polar surface area (TPSA) is 72.4 Å². The van der Waals surface area contributed by atoms with Crippen LogP contribution in [0.25, 0.3) is 22.4 Å². The zero-order valence-corrected chi connectivity index (χ0v) is 15.6. The van der Waals surface area contributed by atoms with Crippen LogP contribution in [0.15, 0.2) is 63.4 Å². The number of benzene rings is 2. The van der Waals surface area contributed by atoms with Crippen molar-refractivity contribution in [3.05, 3.63) is 71.3 Å². The molecule has 1 aliphatic carbocycles. The first kappa shape index (κ1) is 17.0. The fraction of sp³-hybridized carbons (Fsp3) is 0.190. The van der Waals surface area contributed by atoms with Gasteiger partial charge >= 0.3 is 0 Å². The van der Waals surface area contributed by atoms with Crippen molar-refractivity contribution in [2.75, 3.05) is 0 Å². The van der Waals surface area contributed by atoms with Crippen LogP contribution in [0, 0.1) is 0 Å². The van der Waals surface area contributed by atoms with E-state index in [0.29, 0.717) is 28.1 Å². The molecule has 1 saturated carbocycles. The predicted molar refractivity (Wildman–Crippen MR) is 104 cm³/mol. The summed E-state index contributed by atoms with van der Waals surface area (Å²) in [5, 5.41) is 9.75. The number of aromatic nitrogens is 2. The smallest absolute Gasteiger partial charge is 0.290 e. The van der Waals surface area contributed by atoms with Crippen molar-refractivity contribution in [1.29, 1.82) is 0 Å². The lowest BCUT2D eigenvalue weighted by Crippen LogP contribution is -2.32. The molecular formula is C21H16ClN3O3. The van der Waals surface area contributed by atoms with Gasteiger partial charge in [-0.05, 0) is 49.2 Å². The van der Waals surface area contributed by atoms with Gasteiger partial charge in [-0.25, -0.2) is 0 Å². The van der Waals surface area contributed by atoms with E-state index in [1.807, 2.05) is 36.4 Å². The molecule has 0 spiro atoms. The second kappa shape index (κ2) is 6.80. The number of carbonyl (C=O) groups is 1. The summed E-state index contributed by atoms with van der Waals surface area (Å²) in [4.78, 5) is 14.8. The van der Waals surface area contributed by atoms with Crippen molar-refractivity contribution < 1.29 is 13.6 Å². The van der Waals surface area contributed by atoms with E-state index in [9.17, 15) is 4.79 Å². The van der Waals surface area contributed by atoms with Gasteiger partial charge in [0.1, 0.15) is 5.58 Å². The fourth-order valence-corrected chi connectivity index (χ4v) is 3.28. The molecule has 2 aromatic carbocycles. The molecule has 7 heteroatoms. The molecule has 0 bridgehead atoms. The van der Waals surface area contributed by atoms with Crippen LogP contribution in [0.1, 0.15) is 29.3 Å². The van der Waals surface area contributed by atoms with Gasteiger partial charge in [-0.15, -0.1) is 10.2 Å². The number of hydrogen-bond acceptors (Lipinski definition) is 5. The van der Waals surface area contributed by atoms with Gasteiger partial charge in [0.05, 0.1) is 6.54 Å². The third kappa shape index (κ3) is 3.27. The third-order valence-electron chi connectivity index (χ3n) is 4.75. The first-order chi connectivity index (χ1) is 13.7. The molecule has 0 atom stereocenters. The lowest BCUT2D eigenvalue weighted by atomic mass is 10.2.